The number of halogens is 4. The Hall–Kier alpha value is -1.21. The van der Waals surface area contributed by atoms with Crippen LogP contribution in [-0.2, 0) is 0 Å². The Morgan fingerprint density at radius 2 is 2.05 bits per heavy atom. The molecule has 3 nitrogen and oxygen atoms in total. The van der Waals surface area contributed by atoms with Crippen molar-refractivity contribution in [1.29, 1.82) is 0 Å². The number of alkyl halides is 3. The molecule has 0 spiro atoms. The van der Waals surface area contributed by atoms with Crippen LogP contribution >= 0.6 is 0 Å². The molecule has 0 fully saturated rings. The quantitative estimate of drug-likeness (QED) is 0.784. The molecule has 1 rings (SSSR count). The van der Waals surface area contributed by atoms with Crippen molar-refractivity contribution in [3.63, 3.8) is 0 Å². The molecular weight excluding hydrogens is 274 g/mol. The van der Waals surface area contributed by atoms with Gasteiger partial charge in [-0.15, -0.1) is 0 Å². The molecule has 1 aromatic rings. The van der Waals surface area contributed by atoms with E-state index in [1.165, 1.54) is 17.0 Å². The first-order valence-corrected chi connectivity index (χ1v) is 6.43. The van der Waals surface area contributed by atoms with Crippen molar-refractivity contribution in [3.05, 3.63) is 29.8 Å². The highest BCUT2D eigenvalue weighted by Crippen LogP contribution is 2.19. The van der Waals surface area contributed by atoms with E-state index in [0.717, 1.165) is 6.20 Å². The zero-order chi connectivity index (χ0) is 15.2. The first-order valence-electron chi connectivity index (χ1n) is 6.43. The third-order valence-corrected chi connectivity index (χ3v) is 3.04. The van der Waals surface area contributed by atoms with Crippen LogP contribution in [0.1, 0.15) is 25.1 Å². The van der Waals surface area contributed by atoms with E-state index in [9.17, 15) is 17.6 Å². The van der Waals surface area contributed by atoms with E-state index in [1.54, 1.807) is 14.0 Å². The van der Waals surface area contributed by atoms with Crippen LogP contribution in [0.5, 0.6) is 0 Å². The van der Waals surface area contributed by atoms with Gasteiger partial charge in [0.15, 0.2) is 0 Å². The Labute approximate surface area is 116 Å². The van der Waals surface area contributed by atoms with Gasteiger partial charge in [0.1, 0.15) is 5.82 Å². The first-order chi connectivity index (χ1) is 9.35. The van der Waals surface area contributed by atoms with E-state index in [2.05, 4.69) is 10.3 Å². The molecule has 1 unspecified atom stereocenters. The van der Waals surface area contributed by atoms with Crippen molar-refractivity contribution in [2.75, 3.05) is 26.7 Å². The summed E-state index contributed by atoms with van der Waals surface area (Å²) in [5.74, 6) is -0.434. The van der Waals surface area contributed by atoms with Crippen molar-refractivity contribution >= 4 is 0 Å². The average Bonchev–Trinajstić information content (AvgIpc) is 2.38. The van der Waals surface area contributed by atoms with Crippen LogP contribution in [0.2, 0.25) is 0 Å². The van der Waals surface area contributed by atoms with Crippen molar-refractivity contribution < 1.29 is 17.6 Å². The van der Waals surface area contributed by atoms with Crippen LogP contribution in [0.15, 0.2) is 18.3 Å². The fourth-order valence-corrected chi connectivity index (χ4v) is 1.95. The lowest BCUT2D eigenvalue weighted by Gasteiger charge is -2.24. The van der Waals surface area contributed by atoms with E-state index in [1.807, 2.05) is 0 Å². The van der Waals surface area contributed by atoms with Crippen molar-refractivity contribution in [1.82, 2.24) is 15.2 Å². The summed E-state index contributed by atoms with van der Waals surface area (Å²) >= 11 is 0. The number of hydrogen-bond donors (Lipinski definition) is 1. The lowest BCUT2D eigenvalue weighted by atomic mass is 10.1. The topological polar surface area (TPSA) is 28.2 Å². The smallest absolute Gasteiger partial charge is 0.312 e. The molecule has 0 aliphatic heterocycles. The standard InChI is InChI=1S/C13H19F4N3/c1-3-20(9-13(15,16)17)7-6-11(18-2)12-5-4-10(14)8-19-12/h4-5,8,11,18H,3,6-7,9H2,1-2H3. The van der Waals surface area contributed by atoms with Crippen molar-refractivity contribution in [3.8, 4) is 0 Å². The SMILES string of the molecule is CCN(CCC(NC)c1ccc(F)cn1)CC(F)(F)F. The van der Waals surface area contributed by atoms with Gasteiger partial charge in [0.05, 0.1) is 24.5 Å². The fourth-order valence-electron chi connectivity index (χ4n) is 1.95. The van der Waals surface area contributed by atoms with E-state index in [-0.39, 0.29) is 6.04 Å². The molecule has 0 aliphatic carbocycles. The molecule has 0 radical (unpaired) electrons. The molecule has 114 valence electrons. The van der Waals surface area contributed by atoms with Gasteiger partial charge in [0.2, 0.25) is 0 Å². The number of nitrogens with one attached hydrogen (secondary N) is 1. The van der Waals surface area contributed by atoms with Gasteiger partial charge in [-0.25, -0.2) is 4.39 Å². The Balaban J connectivity index is 2.58. The van der Waals surface area contributed by atoms with Crippen molar-refractivity contribution in [2.24, 2.45) is 0 Å². The third kappa shape index (κ3) is 5.83. The summed E-state index contributed by atoms with van der Waals surface area (Å²) in [5, 5.41) is 2.99. The number of hydrogen-bond acceptors (Lipinski definition) is 3. The summed E-state index contributed by atoms with van der Waals surface area (Å²) in [4.78, 5) is 5.28. The zero-order valence-corrected chi connectivity index (χ0v) is 11.5. The molecule has 0 aliphatic rings. The van der Waals surface area contributed by atoms with Crippen LogP contribution in [0.3, 0.4) is 0 Å². The van der Waals surface area contributed by atoms with Gasteiger partial charge < -0.3 is 5.32 Å². The predicted octanol–water partition coefficient (Wildman–Crippen LogP) is 2.76. The highest BCUT2D eigenvalue weighted by Gasteiger charge is 2.30. The lowest BCUT2D eigenvalue weighted by molar-refractivity contribution is -0.145. The molecule has 0 saturated heterocycles. The van der Waals surface area contributed by atoms with Crippen LogP contribution < -0.4 is 5.32 Å². The summed E-state index contributed by atoms with van der Waals surface area (Å²) in [6.07, 6.45) is -2.62. The Morgan fingerprint density at radius 3 is 2.50 bits per heavy atom. The zero-order valence-electron chi connectivity index (χ0n) is 11.5. The molecule has 0 bridgehead atoms. The predicted molar refractivity (Wildman–Crippen MR) is 68.8 cm³/mol. The molecule has 1 N–H and O–H groups in total. The van der Waals surface area contributed by atoms with E-state index in [0.29, 0.717) is 25.2 Å². The number of nitrogens with zero attached hydrogens (tertiary/aromatic N) is 2. The van der Waals surface area contributed by atoms with E-state index >= 15 is 0 Å². The second-order valence-corrected chi connectivity index (χ2v) is 4.52. The molecule has 0 saturated carbocycles. The second kappa shape index (κ2) is 7.54. The van der Waals surface area contributed by atoms with Gasteiger partial charge in [-0.3, -0.25) is 9.88 Å². The molecule has 1 heterocycles. The van der Waals surface area contributed by atoms with Crippen LogP contribution in [-0.4, -0.2) is 42.7 Å². The average molecular weight is 293 g/mol. The van der Waals surface area contributed by atoms with Crippen LogP contribution in [0.25, 0.3) is 0 Å². The maximum absolute atomic E-state index is 12.8. The Bertz CT molecular complexity index is 392. The monoisotopic (exact) mass is 293 g/mol. The number of pyridine rings is 1. The van der Waals surface area contributed by atoms with Crippen molar-refractivity contribution in [2.45, 2.75) is 25.6 Å². The molecule has 0 amide bonds. The normalized spacial score (nSPS) is 13.8. The minimum absolute atomic E-state index is 0.196. The number of aromatic nitrogens is 1. The molecule has 20 heavy (non-hydrogen) atoms. The van der Waals surface area contributed by atoms with Gasteiger partial charge in [0.25, 0.3) is 0 Å². The summed E-state index contributed by atoms with van der Waals surface area (Å²) in [5.41, 5.74) is 0.622. The van der Waals surface area contributed by atoms with E-state index in [4.69, 9.17) is 0 Å². The maximum Gasteiger partial charge on any atom is 0.401 e. The third-order valence-electron chi connectivity index (χ3n) is 3.04. The highest BCUT2D eigenvalue weighted by molar-refractivity contribution is 5.09. The van der Waals surface area contributed by atoms with E-state index < -0.39 is 18.5 Å². The van der Waals surface area contributed by atoms with Gasteiger partial charge in [-0.05, 0) is 32.1 Å². The lowest BCUT2D eigenvalue weighted by Crippen LogP contribution is -2.36. The first kappa shape index (κ1) is 16.8. The summed E-state index contributed by atoms with van der Waals surface area (Å²) in [6, 6.07) is 2.63. The Morgan fingerprint density at radius 1 is 1.35 bits per heavy atom. The second-order valence-electron chi connectivity index (χ2n) is 4.52. The minimum atomic E-state index is -4.20. The molecule has 0 aromatic carbocycles. The van der Waals surface area contributed by atoms with Crippen LogP contribution in [0, 0.1) is 5.82 Å². The summed E-state index contributed by atoms with van der Waals surface area (Å²) in [6.45, 7) is 1.39. The fraction of sp³-hybridized carbons (Fsp3) is 0.615. The number of rotatable bonds is 7. The minimum Gasteiger partial charge on any atom is -0.312 e. The maximum atomic E-state index is 12.8. The largest absolute Gasteiger partial charge is 0.401 e. The molecular formula is C13H19F4N3. The molecule has 7 heteroatoms. The van der Waals surface area contributed by atoms with Gasteiger partial charge >= 0.3 is 6.18 Å². The molecule has 1 atom stereocenters. The highest BCUT2D eigenvalue weighted by atomic mass is 19.4. The summed E-state index contributed by atoms with van der Waals surface area (Å²) in [7, 11) is 1.70. The van der Waals surface area contributed by atoms with Gasteiger partial charge in [0, 0.05) is 6.54 Å². The van der Waals surface area contributed by atoms with Gasteiger partial charge in [-0.1, -0.05) is 6.92 Å². The Kier molecular flexibility index (Phi) is 6.35. The van der Waals surface area contributed by atoms with Crippen LogP contribution in [0.4, 0.5) is 17.6 Å². The van der Waals surface area contributed by atoms with Gasteiger partial charge in [-0.2, -0.15) is 13.2 Å². The summed E-state index contributed by atoms with van der Waals surface area (Å²) < 4.78 is 49.9. The molecule has 1 aromatic heterocycles.